The topological polar surface area (TPSA) is 103 Å². The fraction of sp³-hybridized carbons (Fsp3) is 0.250. The number of halogens is 4. The Hall–Kier alpha value is -4.22. The predicted molar refractivity (Wildman–Crippen MR) is 119 cm³/mol. The number of ether oxygens (including phenoxy) is 1. The Labute approximate surface area is 202 Å². The predicted octanol–water partition coefficient (Wildman–Crippen LogP) is 5.27. The number of methoxy groups -OCH3 is 1. The quantitative estimate of drug-likeness (QED) is 0.342. The normalized spacial score (nSPS) is 12.0. The summed E-state index contributed by atoms with van der Waals surface area (Å²) in [7, 11) is 1.36. The first kappa shape index (κ1) is 24.9. The maximum atomic E-state index is 13.2. The Morgan fingerprint density at radius 1 is 1.06 bits per heavy atom. The van der Waals surface area contributed by atoms with E-state index in [1.54, 1.807) is 12.1 Å². The zero-order valence-electron chi connectivity index (χ0n) is 19.3. The van der Waals surface area contributed by atoms with Crippen LogP contribution in [-0.2, 0) is 11.6 Å². The van der Waals surface area contributed by atoms with Gasteiger partial charge in [0.25, 0.3) is 5.91 Å². The van der Waals surface area contributed by atoms with Gasteiger partial charge in [-0.3, -0.25) is 4.79 Å². The molecule has 0 bridgehead atoms. The van der Waals surface area contributed by atoms with Crippen molar-refractivity contribution in [2.45, 2.75) is 25.4 Å². The van der Waals surface area contributed by atoms with Crippen molar-refractivity contribution >= 4 is 5.91 Å². The van der Waals surface area contributed by atoms with Crippen LogP contribution in [0.4, 0.5) is 17.6 Å². The molecule has 4 aromatic rings. The largest absolute Gasteiger partial charge is 0.496 e. The summed E-state index contributed by atoms with van der Waals surface area (Å²) in [5.74, 6) is -2.23. The van der Waals surface area contributed by atoms with Crippen LogP contribution in [0.25, 0.3) is 22.8 Å². The van der Waals surface area contributed by atoms with Crippen LogP contribution in [0.15, 0.2) is 57.7 Å². The molecule has 0 aliphatic heterocycles. The Morgan fingerprint density at radius 2 is 1.75 bits per heavy atom. The van der Waals surface area contributed by atoms with Crippen molar-refractivity contribution in [3.63, 3.8) is 0 Å². The van der Waals surface area contributed by atoms with Gasteiger partial charge in [0.1, 0.15) is 17.8 Å². The first-order valence-electron chi connectivity index (χ1n) is 10.6. The number of nitrogens with zero attached hydrogens (tertiary/aromatic N) is 3. The van der Waals surface area contributed by atoms with Gasteiger partial charge in [0.2, 0.25) is 11.7 Å². The van der Waals surface area contributed by atoms with E-state index in [0.717, 1.165) is 0 Å². The molecule has 36 heavy (non-hydrogen) atoms. The number of hydrogen-bond acceptors (Lipinski definition) is 7. The van der Waals surface area contributed by atoms with Crippen LogP contribution in [0.1, 0.15) is 35.8 Å². The van der Waals surface area contributed by atoms with E-state index in [4.69, 9.17) is 9.15 Å². The van der Waals surface area contributed by atoms with Gasteiger partial charge >= 0.3 is 12.1 Å². The lowest BCUT2D eigenvalue weighted by Crippen LogP contribution is -2.37. The summed E-state index contributed by atoms with van der Waals surface area (Å²) in [6.07, 6.45) is -3.33. The van der Waals surface area contributed by atoms with Crippen LogP contribution in [0.5, 0.6) is 5.75 Å². The highest BCUT2D eigenvalue weighted by atomic mass is 19.4. The van der Waals surface area contributed by atoms with Crippen LogP contribution < -0.4 is 10.1 Å². The summed E-state index contributed by atoms with van der Waals surface area (Å²) >= 11 is 0. The number of amides is 1. The van der Waals surface area contributed by atoms with Crippen LogP contribution in [0.3, 0.4) is 0 Å². The van der Waals surface area contributed by atoms with Crippen LogP contribution in [0.2, 0.25) is 0 Å². The van der Waals surface area contributed by atoms with Gasteiger partial charge in [-0.2, -0.15) is 18.2 Å². The number of alkyl halides is 3. The van der Waals surface area contributed by atoms with Crippen molar-refractivity contribution in [1.29, 1.82) is 0 Å². The maximum Gasteiger partial charge on any atom is 0.471 e. The molecule has 0 unspecified atom stereocenters. The van der Waals surface area contributed by atoms with Crippen molar-refractivity contribution in [2.75, 3.05) is 13.7 Å². The van der Waals surface area contributed by atoms with E-state index in [1.807, 2.05) is 13.8 Å². The second-order valence-corrected chi connectivity index (χ2v) is 8.45. The summed E-state index contributed by atoms with van der Waals surface area (Å²) in [6.45, 7) is 3.81. The van der Waals surface area contributed by atoms with Crippen molar-refractivity contribution in [3.05, 3.63) is 71.7 Å². The molecular formula is C24H20F4N4O4. The average molecular weight is 504 g/mol. The monoisotopic (exact) mass is 504 g/mol. The number of oxazole rings is 1. The number of nitrogens with one attached hydrogen (secondary N) is 1. The van der Waals surface area contributed by atoms with Gasteiger partial charge in [-0.1, -0.05) is 19.0 Å². The number of aromatic nitrogens is 3. The molecule has 8 nitrogen and oxygen atoms in total. The molecule has 2 heterocycles. The first-order chi connectivity index (χ1) is 17.0. The lowest BCUT2D eigenvalue weighted by Gasteiger charge is -2.22. The zero-order chi connectivity index (χ0) is 26.1. The number of carbonyl (C=O) groups excluding carboxylic acids is 1. The molecule has 2 aromatic carbocycles. The molecule has 1 amide bonds. The maximum absolute atomic E-state index is 13.2. The van der Waals surface area contributed by atoms with Crippen molar-refractivity contribution in [2.24, 2.45) is 0 Å². The van der Waals surface area contributed by atoms with Gasteiger partial charge in [-0.15, -0.1) is 0 Å². The van der Waals surface area contributed by atoms with Gasteiger partial charge in [-0.05, 0) is 42.5 Å². The third-order valence-electron chi connectivity index (χ3n) is 5.35. The zero-order valence-corrected chi connectivity index (χ0v) is 19.3. The second-order valence-electron chi connectivity index (χ2n) is 8.45. The third kappa shape index (κ3) is 5.21. The molecule has 0 aliphatic rings. The summed E-state index contributed by atoms with van der Waals surface area (Å²) in [5.41, 5.74) is 0.683. The molecule has 1 N–H and O–H groups in total. The number of carbonyl (C=O) groups is 1. The molecule has 0 spiro atoms. The Kier molecular flexibility index (Phi) is 6.53. The van der Waals surface area contributed by atoms with E-state index in [9.17, 15) is 22.4 Å². The van der Waals surface area contributed by atoms with Crippen LogP contribution in [-0.4, -0.2) is 34.7 Å². The van der Waals surface area contributed by atoms with Gasteiger partial charge in [0.15, 0.2) is 0 Å². The minimum absolute atomic E-state index is 0.0660. The summed E-state index contributed by atoms with van der Waals surface area (Å²) < 4.78 is 66.6. The smallest absolute Gasteiger partial charge is 0.471 e. The Balaban J connectivity index is 1.51. The van der Waals surface area contributed by atoms with Gasteiger partial charge in [-0.25, -0.2) is 9.37 Å². The van der Waals surface area contributed by atoms with Crippen molar-refractivity contribution in [1.82, 2.24) is 20.4 Å². The minimum atomic E-state index is -4.79. The van der Waals surface area contributed by atoms with E-state index >= 15 is 0 Å². The van der Waals surface area contributed by atoms with E-state index in [-0.39, 0.29) is 35.1 Å². The van der Waals surface area contributed by atoms with Gasteiger partial charge < -0.3 is 19.0 Å². The van der Waals surface area contributed by atoms with E-state index in [1.165, 1.54) is 43.7 Å². The van der Waals surface area contributed by atoms with Crippen LogP contribution >= 0.6 is 0 Å². The van der Waals surface area contributed by atoms with E-state index in [0.29, 0.717) is 17.1 Å². The molecule has 12 heteroatoms. The summed E-state index contributed by atoms with van der Waals surface area (Å²) in [4.78, 5) is 20.8. The molecule has 0 atom stereocenters. The fourth-order valence-electron chi connectivity index (χ4n) is 3.28. The molecule has 0 fully saturated rings. The standard InChI is InChI=1S/C24H20F4N4O4/c1-23(2,18-11-35-21(30-18)13-4-7-15(25)8-5-13)12-29-20(33)16-10-14(6-9-17(16)34-3)19-31-22(36-32-19)24(26,27)28/h4-11H,12H2,1-3H3,(H,29,33). The Bertz CT molecular complexity index is 1380. The second kappa shape index (κ2) is 9.44. The molecular weight excluding hydrogens is 484 g/mol. The van der Waals surface area contributed by atoms with E-state index in [2.05, 4.69) is 25.0 Å². The highest BCUT2D eigenvalue weighted by Crippen LogP contribution is 2.31. The van der Waals surface area contributed by atoms with Gasteiger partial charge in [0.05, 0.1) is 18.4 Å². The molecule has 0 aliphatic carbocycles. The molecule has 0 radical (unpaired) electrons. The lowest BCUT2D eigenvalue weighted by molar-refractivity contribution is -0.159. The highest BCUT2D eigenvalue weighted by molar-refractivity contribution is 5.98. The first-order valence-corrected chi connectivity index (χ1v) is 10.6. The molecule has 188 valence electrons. The number of rotatable bonds is 7. The Morgan fingerprint density at radius 3 is 2.39 bits per heavy atom. The average Bonchev–Trinajstić information content (AvgIpc) is 3.53. The van der Waals surface area contributed by atoms with Crippen molar-refractivity contribution in [3.8, 4) is 28.6 Å². The lowest BCUT2D eigenvalue weighted by atomic mass is 9.90. The van der Waals surface area contributed by atoms with E-state index < -0.39 is 23.4 Å². The van der Waals surface area contributed by atoms with Crippen LogP contribution in [0, 0.1) is 5.82 Å². The number of benzene rings is 2. The summed E-state index contributed by atoms with van der Waals surface area (Å²) in [6, 6.07) is 9.83. The third-order valence-corrected chi connectivity index (χ3v) is 5.35. The van der Waals surface area contributed by atoms with Crippen molar-refractivity contribution < 1.29 is 36.0 Å². The molecule has 0 saturated carbocycles. The minimum Gasteiger partial charge on any atom is -0.496 e. The van der Waals surface area contributed by atoms with Gasteiger partial charge in [0, 0.05) is 23.1 Å². The molecule has 4 rings (SSSR count). The fourth-order valence-corrected chi connectivity index (χ4v) is 3.28. The summed E-state index contributed by atoms with van der Waals surface area (Å²) in [5, 5.41) is 6.13. The highest BCUT2D eigenvalue weighted by Gasteiger charge is 2.38. The molecule has 0 saturated heterocycles. The SMILES string of the molecule is COc1ccc(-c2noc(C(F)(F)F)n2)cc1C(=O)NCC(C)(C)c1coc(-c2ccc(F)cc2)n1. The molecule has 2 aromatic heterocycles. The number of hydrogen-bond donors (Lipinski definition) is 1.